The van der Waals surface area contributed by atoms with Crippen molar-refractivity contribution in [3.8, 4) is 17.3 Å². The Bertz CT molecular complexity index is 733. The summed E-state index contributed by atoms with van der Waals surface area (Å²) in [6.45, 7) is 0. The van der Waals surface area contributed by atoms with Crippen molar-refractivity contribution in [3.05, 3.63) is 36.1 Å². The highest BCUT2D eigenvalue weighted by Crippen LogP contribution is 2.41. The van der Waals surface area contributed by atoms with Crippen molar-refractivity contribution in [2.75, 3.05) is 13.4 Å². The number of carbonyl (C=O) groups is 1. The maximum Gasteiger partial charge on any atom is 0.350 e. The lowest BCUT2D eigenvalue weighted by atomic mass is 10.2. The molecule has 5 nitrogen and oxygen atoms in total. The molecular weight excluding hydrogens is 319 g/mol. The average molecular weight is 334 g/mol. The Balaban J connectivity index is 1.93. The molecule has 3 rings (SSSR count). The molecule has 0 radical (unpaired) electrons. The summed E-state index contributed by atoms with van der Waals surface area (Å²) < 4.78 is 23.6. The number of benzene rings is 1. The largest absolute Gasteiger partial charge is 0.466 e. The standard InChI is InChI=1S/C16H15FN2O3S/c1-21-15(20)16(7-8-16)22-12-9-13(23-2)19-14(18-12)10-3-5-11(17)6-4-10/h3-6,9H,7-8H2,1-2H3. The van der Waals surface area contributed by atoms with Gasteiger partial charge in [-0.05, 0) is 30.5 Å². The van der Waals surface area contributed by atoms with Crippen LogP contribution in [-0.2, 0) is 9.53 Å². The van der Waals surface area contributed by atoms with Crippen LogP contribution in [-0.4, -0.2) is 34.9 Å². The van der Waals surface area contributed by atoms with Gasteiger partial charge in [-0.3, -0.25) is 0 Å². The number of hydrogen-bond donors (Lipinski definition) is 0. The summed E-state index contributed by atoms with van der Waals surface area (Å²) in [5, 5.41) is 0.704. The van der Waals surface area contributed by atoms with Crippen LogP contribution in [0.25, 0.3) is 11.4 Å². The maximum atomic E-state index is 13.1. The van der Waals surface area contributed by atoms with E-state index in [9.17, 15) is 9.18 Å². The molecule has 23 heavy (non-hydrogen) atoms. The number of carbonyl (C=O) groups excluding carboxylic acids is 1. The van der Waals surface area contributed by atoms with Gasteiger partial charge in [-0.2, -0.15) is 4.98 Å². The molecule has 1 heterocycles. The van der Waals surface area contributed by atoms with Gasteiger partial charge in [0.05, 0.1) is 7.11 Å². The number of aromatic nitrogens is 2. The molecule has 1 aromatic carbocycles. The van der Waals surface area contributed by atoms with E-state index in [1.54, 1.807) is 18.2 Å². The number of esters is 1. The minimum atomic E-state index is -0.932. The fourth-order valence-corrected chi connectivity index (χ4v) is 2.53. The molecule has 7 heteroatoms. The van der Waals surface area contributed by atoms with Crippen LogP contribution in [0.15, 0.2) is 35.4 Å². The van der Waals surface area contributed by atoms with Gasteiger partial charge in [0.1, 0.15) is 10.8 Å². The van der Waals surface area contributed by atoms with Crippen LogP contribution in [0.2, 0.25) is 0 Å². The highest BCUT2D eigenvalue weighted by molar-refractivity contribution is 7.98. The van der Waals surface area contributed by atoms with Crippen molar-refractivity contribution in [2.24, 2.45) is 0 Å². The van der Waals surface area contributed by atoms with E-state index in [0.717, 1.165) is 0 Å². The number of halogens is 1. The number of thioether (sulfide) groups is 1. The summed E-state index contributed by atoms with van der Waals surface area (Å²) in [6, 6.07) is 7.59. The summed E-state index contributed by atoms with van der Waals surface area (Å²) >= 11 is 1.43. The Kier molecular flexibility index (Phi) is 4.21. The van der Waals surface area contributed by atoms with Gasteiger partial charge in [0.15, 0.2) is 5.82 Å². The Morgan fingerprint density at radius 3 is 2.52 bits per heavy atom. The van der Waals surface area contributed by atoms with E-state index in [1.165, 1.54) is 31.0 Å². The van der Waals surface area contributed by atoms with E-state index in [2.05, 4.69) is 9.97 Å². The number of nitrogens with zero attached hydrogens (tertiary/aromatic N) is 2. The molecule has 0 unspecified atom stereocenters. The zero-order valence-corrected chi connectivity index (χ0v) is 13.5. The first-order chi connectivity index (χ1) is 11.1. The van der Waals surface area contributed by atoms with E-state index in [-0.39, 0.29) is 5.82 Å². The Labute approximate surface area is 137 Å². The van der Waals surface area contributed by atoms with Crippen molar-refractivity contribution in [2.45, 2.75) is 23.5 Å². The first kappa shape index (κ1) is 15.7. The van der Waals surface area contributed by atoms with E-state index in [1.807, 2.05) is 6.26 Å². The predicted molar refractivity (Wildman–Crippen MR) is 83.8 cm³/mol. The third-order valence-electron chi connectivity index (χ3n) is 3.55. The second kappa shape index (κ2) is 6.16. The van der Waals surface area contributed by atoms with Crippen molar-refractivity contribution in [1.29, 1.82) is 0 Å². The molecule has 0 saturated heterocycles. The third-order valence-corrected chi connectivity index (χ3v) is 4.18. The van der Waals surface area contributed by atoms with E-state index >= 15 is 0 Å². The molecule has 0 spiro atoms. The second-order valence-corrected chi connectivity index (χ2v) is 5.99. The van der Waals surface area contributed by atoms with Crippen molar-refractivity contribution in [3.63, 3.8) is 0 Å². The highest BCUT2D eigenvalue weighted by Gasteiger charge is 2.54. The lowest BCUT2D eigenvalue weighted by Crippen LogP contribution is -2.31. The molecule has 0 bridgehead atoms. The third kappa shape index (κ3) is 3.29. The van der Waals surface area contributed by atoms with Gasteiger partial charge >= 0.3 is 5.97 Å². The molecule has 1 aliphatic rings. The molecule has 1 aliphatic carbocycles. The molecule has 0 N–H and O–H groups in total. The lowest BCUT2D eigenvalue weighted by molar-refractivity contribution is -0.151. The summed E-state index contributed by atoms with van der Waals surface area (Å²) in [6.07, 6.45) is 3.09. The van der Waals surface area contributed by atoms with Crippen LogP contribution in [0.4, 0.5) is 4.39 Å². The lowest BCUT2D eigenvalue weighted by Gasteiger charge is -2.15. The molecule has 1 fully saturated rings. The van der Waals surface area contributed by atoms with Gasteiger partial charge in [0.25, 0.3) is 0 Å². The van der Waals surface area contributed by atoms with Gasteiger partial charge in [0.2, 0.25) is 11.5 Å². The first-order valence-corrected chi connectivity index (χ1v) is 8.25. The quantitative estimate of drug-likeness (QED) is 0.476. The van der Waals surface area contributed by atoms with Crippen molar-refractivity contribution in [1.82, 2.24) is 9.97 Å². The zero-order valence-electron chi connectivity index (χ0n) is 12.7. The fraction of sp³-hybridized carbons (Fsp3) is 0.312. The van der Waals surface area contributed by atoms with Gasteiger partial charge in [-0.25, -0.2) is 14.2 Å². The topological polar surface area (TPSA) is 61.3 Å². The van der Waals surface area contributed by atoms with Gasteiger partial charge in [-0.1, -0.05) is 0 Å². The SMILES string of the molecule is COC(=O)C1(Oc2cc(SC)nc(-c3ccc(F)cc3)n2)CC1. The molecule has 120 valence electrons. The van der Waals surface area contributed by atoms with Crippen molar-refractivity contribution < 1.29 is 18.7 Å². The summed E-state index contributed by atoms with van der Waals surface area (Å²) in [5.74, 6) is 0.0121. The normalized spacial score (nSPS) is 15.1. The van der Waals surface area contributed by atoms with Crippen LogP contribution in [0.1, 0.15) is 12.8 Å². The fourth-order valence-electron chi connectivity index (χ4n) is 2.14. The smallest absolute Gasteiger partial charge is 0.350 e. The summed E-state index contributed by atoms with van der Waals surface area (Å²) in [5.41, 5.74) is -0.256. The van der Waals surface area contributed by atoms with Crippen LogP contribution < -0.4 is 4.74 Å². The Morgan fingerprint density at radius 2 is 1.96 bits per heavy atom. The van der Waals surface area contributed by atoms with Crippen LogP contribution in [0.5, 0.6) is 5.88 Å². The van der Waals surface area contributed by atoms with E-state index < -0.39 is 11.6 Å². The molecule has 0 aliphatic heterocycles. The zero-order chi connectivity index (χ0) is 16.4. The number of hydrogen-bond acceptors (Lipinski definition) is 6. The summed E-state index contributed by atoms with van der Waals surface area (Å²) in [7, 11) is 1.34. The van der Waals surface area contributed by atoms with Gasteiger partial charge in [0, 0.05) is 24.5 Å². The first-order valence-electron chi connectivity index (χ1n) is 7.03. The highest BCUT2D eigenvalue weighted by atomic mass is 32.2. The predicted octanol–water partition coefficient (Wildman–Crippen LogP) is 3.09. The number of rotatable bonds is 5. The van der Waals surface area contributed by atoms with Crippen LogP contribution >= 0.6 is 11.8 Å². The second-order valence-electron chi connectivity index (χ2n) is 5.17. The molecule has 0 amide bonds. The van der Waals surface area contributed by atoms with Gasteiger partial charge in [-0.15, -0.1) is 11.8 Å². The van der Waals surface area contributed by atoms with Gasteiger partial charge < -0.3 is 9.47 Å². The number of methoxy groups -OCH3 is 1. The van der Waals surface area contributed by atoms with E-state index in [0.29, 0.717) is 35.1 Å². The average Bonchev–Trinajstić information content (AvgIpc) is 3.35. The molecule has 1 aromatic heterocycles. The Morgan fingerprint density at radius 1 is 1.26 bits per heavy atom. The monoisotopic (exact) mass is 334 g/mol. The van der Waals surface area contributed by atoms with Crippen LogP contribution in [0.3, 0.4) is 0 Å². The Hall–Kier alpha value is -2.15. The minimum Gasteiger partial charge on any atom is -0.466 e. The van der Waals surface area contributed by atoms with E-state index in [4.69, 9.17) is 9.47 Å². The molecule has 2 aromatic rings. The molecular formula is C16H15FN2O3S. The summed E-state index contributed by atoms with van der Waals surface area (Å²) in [4.78, 5) is 20.6. The maximum absolute atomic E-state index is 13.1. The molecule has 0 atom stereocenters. The van der Waals surface area contributed by atoms with Crippen molar-refractivity contribution >= 4 is 17.7 Å². The number of ether oxygens (including phenoxy) is 2. The minimum absolute atomic E-state index is 0.312. The van der Waals surface area contributed by atoms with Crippen LogP contribution in [0, 0.1) is 5.82 Å². The molecule has 1 saturated carbocycles.